The second-order valence-corrected chi connectivity index (χ2v) is 10.6. The molecule has 0 heterocycles. The first-order valence-corrected chi connectivity index (χ1v) is 8.58. The van der Waals surface area contributed by atoms with Crippen molar-refractivity contribution < 1.29 is 0 Å². The summed E-state index contributed by atoms with van der Waals surface area (Å²) in [5.74, 6) is 0. The molecule has 0 aromatic heterocycles. The Morgan fingerprint density at radius 2 is 1.91 bits per heavy atom. The summed E-state index contributed by atoms with van der Waals surface area (Å²) in [6.45, 7) is 8.11. The molecule has 0 radical (unpaired) electrons. The number of allylic oxidation sites excluding steroid dienone is 1. The van der Waals surface area contributed by atoms with Gasteiger partial charge >= 0.3 is 0 Å². The van der Waals surface area contributed by atoms with Gasteiger partial charge in [0.15, 0.2) is 0 Å². The topological polar surface area (TPSA) is 0 Å². The van der Waals surface area contributed by atoms with Crippen LogP contribution >= 0.6 is 11.1 Å². The number of hydrogen-bond acceptors (Lipinski definition) is 0. The molecule has 0 aliphatic carbocycles. The van der Waals surface area contributed by atoms with Crippen LogP contribution in [0, 0.1) is 0 Å². The molecule has 0 aromatic carbocycles. The summed E-state index contributed by atoms with van der Waals surface area (Å²) in [7, 11) is -1.27. The molecule has 2 heteroatoms. The molecule has 0 saturated carbocycles. The Bertz CT molecular complexity index is 105. The van der Waals surface area contributed by atoms with E-state index in [1.54, 1.807) is 0 Å². The molecule has 11 heavy (non-hydrogen) atoms. The molecule has 0 aromatic rings. The Kier molecular flexibility index (Phi) is 5.97. The molecule has 0 atom stereocenters. The van der Waals surface area contributed by atoms with Gasteiger partial charge in [0.05, 0.1) is 0 Å². The summed E-state index contributed by atoms with van der Waals surface area (Å²) >= 11 is 6.16. The number of rotatable bonds is 6. The van der Waals surface area contributed by atoms with Crippen molar-refractivity contribution in [3.8, 4) is 0 Å². The third-order valence-corrected chi connectivity index (χ3v) is 3.79. The van der Waals surface area contributed by atoms with Gasteiger partial charge in [0.1, 0.15) is 7.38 Å². The van der Waals surface area contributed by atoms with Crippen LogP contribution in [0.3, 0.4) is 0 Å². The standard InChI is InChI=1S/C9H19ClSi/c1-4-5-6-7-8-9-11(2,3)10/h4H,1,5-9H2,2-3H3. The zero-order valence-corrected chi connectivity index (χ0v) is 9.45. The van der Waals surface area contributed by atoms with Crippen molar-refractivity contribution in [1.29, 1.82) is 0 Å². The molecule has 0 aliphatic heterocycles. The largest absolute Gasteiger partial charge is 0.168 e. The first-order valence-electron chi connectivity index (χ1n) is 4.36. The minimum Gasteiger partial charge on any atom is -0.168 e. The van der Waals surface area contributed by atoms with Gasteiger partial charge in [0, 0.05) is 0 Å². The molecular weight excluding hydrogens is 172 g/mol. The minimum absolute atomic E-state index is 1.16. The first kappa shape index (κ1) is 11.2. The van der Waals surface area contributed by atoms with E-state index in [0.29, 0.717) is 0 Å². The second kappa shape index (κ2) is 5.84. The lowest BCUT2D eigenvalue weighted by atomic mass is 10.2. The highest BCUT2D eigenvalue weighted by Crippen LogP contribution is 2.18. The van der Waals surface area contributed by atoms with Crippen molar-refractivity contribution in [1.82, 2.24) is 0 Å². The van der Waals surface area contributed by atoms with Gasteiger partial charge in [-0.3, -0.25) is 0 Å². The van der Waals surface area contributed by atoms with E-state index in [1.807, 2.05) is 6.08 Å². The van der Waals surface area contributed by atoms with Crippen molar-refractivity contribution in [2.45, 2.75) is 44.8 Å². The predicted octanol–water partition coefficient (Wildman–Crippen LogP) is 4.18. The van der Waals surface area contributed by atoms with Gasteiger partial charge in [0.25, 0.3) is 0 Å². The maximum atomic E-state index is 6.16. The van der Waals surface area contributed by atoms with Gasteiger partial charge in [-0.2, -0.15) is 11.1 Å². The third-order valence-electron chi connectivity index (χ3n) is 1.68. The normalized spacial score (nSPS) is 11.5. The fourth-order valence-corrected chi connectivity index (χ4v) is 2.50. The maximum absolute atomic E-state index is 6.16. The average molecular weight is 191 g/mol. The highest BCUT2D eigenvalue weighted by Gasteiger charge is 2.15. The minimum atomic E-state index is -1.27. The Morgan fingerprint density at radius 1 is 1.27 bits per heavy atom. The molecule has 0 amide bonds. The van der Waals surface area contributed by atoms with Crippen LogP contribution in [0.5, 0.6) is 0 Å². The summed E-state index contributed by atoms with van der Waals surface area (Å²) in [4.78, 5) is 0. The lowest BCUT2D eigenvalue weighted by molar-refractivity contribution is 0.725. The third kappa shape index (κ3) is 10.2. The Balaban J connectivity index is 3.08. The van der Waals surface area contributed by atoms with Crippen molar-refractivity contribution >= 4 is 18.5 Å². The number of hydrogen-bond donors (Lipinski definition) is 0. The Morgan fingerprint density at radius 3 is 2.36 bits per heavy atom. The van der Waals surface area contributed by atoms with E-state index in [0.717, 1.165) is 6.42 Å². The fraction of sp³-hybridized carbons (Fsp3) is 0.778. The smallest absolute Gasteiger partial charge is 0.150 e. The van der Waals surface area contributed by atoms with Gasteiger partial charge < -0.3 is 0 Å². The van der Waals surface area contributed by atoms with Crippen LogP contribution in [0.1, 0.15) is 25.7 Å². The van der Waals surface area contributed by atoms with Crippen LogP contribution in [0.25, 0.3) is 0 Å². The van der Waals surface area contributed by atoms with E-state index in [-0.39, 0.29) is 0 Å². The van der Waals surface area contributed by atoms with E-state index >= 15 is 0 Å². The summed E-state index contributed by atoms with van der Waals surface area (Å²) in [6.07, 6.45) is 7.05. The van der Waals surface area contributed by atoms with Crippen LogP contribution in [0.15, 0.2) is 12.7 Å². The zero-order chi connectivity index (χ0) is 8.74. The van der Waals surface area contributed by atoms with Crippen molar-refractivity contribution in [2.75, 3.05) is 0 Å². The van der Waals surface area contributed by atoms with Gasteiger partial charge in [-0.05, 0) is 18.9 Å². The molecule has 0 unspecified atom stereocenters. The summed E-state index contributed by atoms with van der Waals surface area (Å²) in [5, 5.41) is 0. The SMILES string of the molecule is C=CCCCCC[Si](C)(C)Cl. The number of unbranched alkanes of at least 4 members (excludes halogenated alkanes) is 3. The molecule has 0 nitrogen and oxygen atoms in total. The van der Waals surface area contributed by atoms with Gasteiger partial charge in [-0.15, -0.1) is 6.58 Å². The summed E-state index contributed by atoms with van der Waals surface area (Å²) in [5.41, 5.74) is 0. The van der Waals surface area contributed by atoms with E-state index < -0.39 is 7.38 Å². The highest BCUT2D eigenvalue weighted by atomic mass is 35.6. The van der Waals surface area contributed by atoms with Crippen LogP contribution < -0.4 is 0 Å². The van der Waals surface area contributed by atoms with E-state index in [9.17, 15) is 0 Å². The van der Waals surface area contributed by atoms with Crippen molar-refractivity contribution in [2.24, 2.45) is 0 Å². The van der Waals surface area contributed by atoms with Gasteiger partial charge in [-0.1, -0.05) is 32.0 Å². The number of halogens is 1. The predicted molar refractivity (Wildman–Crippen MR) is 56.8 cm³/mol. The molecule has 0 spiro atoms. The first-order chi connectivity index (χ1) is 5.06. The fourth-order valence-electron chi connectivity index (χ4n) is 1.01. The highest BCUT2D eigenvalue weighted by molar-refractivity contribution is 7.19. The zero-order valence-electron chi connectivity index (χ0n) is 7.70. The van der Waals surface area contributed by atoms with Crippen LogP contribution in [0.4, 0.5) is 0 Å². The molecule has 0 fully saturated rings. The van der Waals surface area contributed by atoms with Gasteiger partial charge in [0.2, 0.25) is 0 Å². The van der Waals surface area contributed by atoms with E-state index in [2.05, 4.69) is 19.7 Å². The molecule has 0 aliphatic rings. The lowest BCUT2D eigenvalue weighted by Gasteiger charge is -2.11. The molecular formula is C9H19ClSi. The van der Waals surface area contributed by atoms with Crippen LogP contribution in [-0.4, -0.2) is 7.38 Å². The Labute approximate surface area is 76.4 Å². The van der Waals surface area contributed by atoms with Crippen LogP contribution in [-0.2, 0) is 0 Å². The molecule has 0 bridgehead atoms. The molecule has 0 N–H and O–H groups in total. The monoisotopic (exact) mass is 190 g/mol. The van der Waals surface area contributed by atoms with E-state index in [4.69, 9.17) is 11.1 Å². The van der Waals surface area contributed by atoms with Crippen molar-refractivity contribution in [3.63, 3.8) is 0 Å². The lowest BCUT2D eigenvalue weighted by Crippen LogP contribution is -2.14. The van der Waals surface area contributed by atoms with Crippen molar-refractivity contribution in [3.05, 3.63) is 12.7 Å². The second-order valence-electron chi connectivity index (χ2n) is 3.61. The van der Waals surface area contributed by atoms with Gasteiger partial charge in [-0.25, -0.2) is 0 Å². The molecule has 0 saturated heterocycles. The maximum Gasteiger partial charge on any atom is 0.150 e. The van der Waals surface area contributed by atoms with Crippen LogP contribution in [0.2, 0.25) is 19.1 Å². The average Bonchev–Trinajstić information content (AvgIpc) is 1.85. The quantitative estimate of drug-likeness (QED) is 0.255. The molecule has 0 rings (SSSR count). The molecule has 66 valence electrons. The summed E-state index contributed by atoms with van der Waals surface area (Å²) < 4.78 is 0. The summed E-state index contributed by atoms with van der Waals surface area (Å²) in [6, 6.07) is 1.26. The Hall–Kier alpha value is 0.247. The van der Waals surface area contributed by atoms with E-state index in [1.165, 1.54) is 25.3 Å².